The molecule has 10 heteroatoms. The Morgan fingerprint density at radius 1 is 1.28 bits per heavy atom. The number of ether oxygens (including phenoxy) is 1. The fourth-order valence-electron chi connectivity index (χ4n) is 3.04. The van der Waals surface area contributed by atoms with Crippen LogP contribution < -0.4 is 10.1 Å². The Hall–Kier alpha value is -2.33. The molecular formula is C19H28N4O5S. The summed E-state index contributed by atoms with van der Waals surface area (Å²) in [4.78, 5) is 38.7. The maximum Gasteiger partial charge on any atom is 0.311 e. The molecule has 1 aromatic carbocycles. The predicted molar refractivity (Wildman–Crippen MR) is 112 cm³/mol. The van der Waals surface area contributed by atoms with Crippen LogP contribution in [0, 0.1) is 10.1 Å². The van der Waals surface area contributed by atoms with Gasteiger partial charge in [0.15, 0.2) is 5.75 Å². The van der Waals surface area contributed by atoms with E-state index in [0.29, 0.717) is 44.2 Å². The summed E-state index contributed by atoms with van der Waals surface area (Å²) in [7, 11) is 1.39. The molecule has 0 radical (unpaired) electrons. The molecule has 1 heterocycles. The minimum atomic E-state index is -0.473. The standard InChI is InChI=1S/C19H28N4O5S/c1-14(2)20-18(24)11-21-6-8-22(9-7-21)19(25)13-29-12-15-4-5-17(28-3)16(10-15)23(26)27/h4-5,10,14H,6-9,11-13H2,1-3H3,(H,20,24). The number of methoxy groups -OCH3 is 1. The van der Waals surface area contributed by atoms with Crippen LogP contribution >= 0.6 is 11.8 Å². The molecule has 29 heavy (non-hydrogen) atoms. The molecule has 0 aromatic heterocycles. The molecule has 0 aliphatic carbocycles. The van der Waals surface area contributed by atoms with Gasteiger partial charge in [-0.15, -0.1) is 11.8 Å². The number of nitrogens with one attached hydrogen (secondary N) is 1. The maximum atomic E-state index is 12.4. The van der Waals surface area contributed by atoms with Crippen molar-refractivity contribution in [1.29, 1.82) is 0 Å². The fourth-order valence-corrected chi connectivity index (χ4v) is 3.92. The Labute approximate surface area is 174 Å². The van der Waals surface area contributed by atoms with Crippen LogP contribution in [-0.2, 0) is 15.3 Å². The number of nitro benzene ring substituents is 1. The molecule has 0 bridgehead atoms. The topological polar surface area (TPSA) is 105 Å². The highest BCUT2D eigenvalue weighted by Gasteiger charge is 2.22. The quantitative estimate of drug-likeness (QED) is 0.473. The van der Waals surface area contributed by atoms with Crippen molar-refractivity contribution < 1.29 is 19.2 Å². The van der Waals surface area contributed by atoms with E-state index in [2.05, 4.69) is 5.32 Å². The number of amides is 2. The zero-order valence-corrected chi connectivity index (χ0v) is 17.9. The van der Waals surface area contributed by atoms with E-state index < -0.39 is 4.92 Å². The van der Waals surface area contributed by atoms with E-state index in [1.807, 2.05) is 18.7 Å². The van der Waals surface area contributed by atoms with E-state index in [4.69, 9.17) is 4.74 Å². The van der Waals surface area contributed by atoms with Gasteiger partial charge >= 0.3 is 5.69 Å². The van der Waals surface area contributed by atoms with E-state index in [9.17, 15) is 19.7 Å². The smallest absolute Gasteiger partial charge is 0.311 e. The van der Waals surface area contributed by atoms with Crippen molar-refractivity contribution in [3.05, 3.63) is 33.9 Å². The Kier molecular flexibility index (Phi) is 8.71. The van der Waals surface area contributed by atoms with E-state index in [-0.39, 0.29) is 29.3 Å². The fraction of sp³-hybridized carbons (Fsp3) is 0.579. The summed E-state index contributed by atoms with van der Waals surface area (Å²) in [6.07, 6.45) is 0. The van der Waals surface area contributed by atoms with Gasteiger partial charge in [-0.05, 0) is 25.5 Å². The van der Waals surface area contributed by atoms with Crippen LogP contribution in [-0.4, -0.2) is 78.2 Å². The number of benzene rings is 1. The number of thioether (sulfide) groups is 1. The maximum absolute atomic E-state index is 12.4. The summed E-state index contributed by atoms with van der Waals surface area (Å²) in [5, 5.41) is 14.0. The van der Waals surface area contributed by atoms with Gasteiger partial charge in [0.1, 0.15) is 0 Å². The SMILES string of the molecule is COc1ccc(CSCC(=O)N2CCN(CC(=O)NC(C)C)CC2)cc1[N+](=O)[O-]. The predicted octanol–water partition coefficient (Wildman–Crippen LogP) is 1.51. The Morgan fingerprint density at radius 3 is 2.55 bits per heavy atom. The van der Waals surface area contributed by atoms with Crippen molar-refractivity contribution >= 4 is 29.3 Å². The normalized spacial score (nSPS) is 14.7. The van der Waals surface area contributed by atoms with Gasteiger partial charge in [0.2, 0.25) is 11.8 Å². The first-order valence-corrected chi connectivity index (χ1v) is 10.6. The first kappa shape index (κ1) is 23.0. The number of piperazine rings is 1. The average molecular weight is 425 g/mol. The third-order valence-corrected chi connectivity index (χ3v) is 5.46. The van der Waals surface area contributed by atoms with Crippen molar-refractivity contribution in [2.45, 2.75) is 25.6 Å². The third kappa shape index (κ3) is 7.21. The largest absolute Gasteiger partial charge is 0.490 e. The van der Waals surface area contributed by atoms with Gasteiger partial charge in [0, 0.05) is 44.0 Å². The van der Waals surface area contributed by atoms with Crippen LogP contribution in [0.3, 0.4) is 0 Å². The molecule has 1 fully saturated rings. The van der Waals surface area contributed by atoms with E-state index in [1.165, 1.54) is 24.9 Å². The lowest BCUT2D eigenvalue weighted by Gasteiger charge is -2.34. The van der Waals surface area contributed by atoms with Crippen LogP contribution in [0.4, 0.5) is 5.69 Å². The van der Waals surface area contributed by atoms with Crippen LogP contribution in [0.25, 0.3) is 0 Å². The van der Waals surface area contributed by atoms with Gasteiger partial charge in [-0.1, -0.05) is 6.07 Å². The van der Waals surface area contributed by atoms with Gasteiger partial charge in [-0.3, -0.25) is 24.6 Å². The molecular weight excluding hydrogens is 396 g/mol. The number of nitro groups is 1. The zero-order chi connectivity index (χ0) is 21.4. The van der Waals surface area contributed by atoms with Gasteiger partial charge < -0.3 is 15.0 Å². The van der Waals surface area contributed by atoms with E-state index in [1.54, 1.807) is 17.0 Å². The highest BCUT2D eigenvalue weighted by molar-refractivity contribution is 7.99. The number of carbonyl (C=O) groups is 2. The van der Waals surface area contributed by atoms with Gasteiger partial charge in [0.05, 0.1) is 24.3 Å². The summed E-state index contributed by atoms with van der Waals surface area (Å²) in [6.45, 7) is 6.75. The molecule has 160 valence electrons. The molecule has 1 aromatic rings. The minimum absolute atomic E-state index is 0.00363. The van der Waals surface area contributed by atoms with Crippen molar-refractivity contribution in [1.82, 2.24) is 15.1 Å². The highest BCUT2D eigenvalue weighted by Crippen LogP contribution is 2.29. The van der Waals surface area contributed by atoms with Crippen molar-refractivity contribution in [3.63, 3.8) is 0 Å². The number of hydrogen-bond donors (Lipinski definition) is 1. The number of rotatable bonds is 9. The molecule has 0 saturated carbocycles. The molecule has 1 saturated heterocycles. The summed E-state index contributed by atoms with van der Waals surface area (Å²) in [5.41, 5.74) is 0.700. The number of hydrogen-bond acceptors (Lipinski definition) is 7. The van der Waals surface area contributed by atoms with Gasteiger partial charge in [0.25, 0.3) is 0 Å². The van der Waals surface area contributed by atoms with Crippen molar-refractivity contribution in [2.75, 3.05) is 45.6 Å². The van der Waals surface area contributed by atoms with Crippen LogP contribution in [0.5, 0.6) is 5.75 Å². The first-order valence-electron chi connectivity index (χ1n) is 9.48. The molecule has 0 atom stereocenters. The number of nitrogens with zero attached hydrogens (tertiary/aromatic N) is 3. The lowest BCUT2D eigenvalue weighted by atomic mass is 10.2. The van der Waals surface area contributed by atoms with Crippen LogP contribution in [0.1, 0.15) is 19.4 Å². The minimum Gasteiger partial charge on any atom is -0.490 e. The monoisotopic (exact) mass is 424 g/mol. The molecule has 2 rings (SSSR count). The summed E-state index contributed by atoms with van der Waals surface area (Å²) < 4.78 is 5.00. The Balaban J connectivity index is 1.75. The second-order valence-electron chi connectivity index (χ2n) is 7.14. The Bertz CT molecular complexity index is 735. The molecule has 9 nitrogen and oxygen atoms in total. The lowest BCUT2D eigenvalue weighted by Crippen LogP contribution is -2.52. The van der Waals surface area contributed by atoms with Crippen molar-refractivity contribution in [2.24, 2.45) is 0 Å². The first-order chi connectivity index (χ1) is 13.8. The Morgan fingerprint density at radius 2 is 1.97 bits per heavy atom. The summed E-state index contributed by atoms with van der Waals surface area (Å²) in [5.74, 6) is 1.09. The zero-order valence-electron chi connectivity index (χ0n) is 17.1. The van der Waals surface area contributed by atoms with Crippen LogP contribution in [0.2, 0.25) is 0 Å². The highest BCUT2D eigenvalue weighted by atomic mass is 32.2. The van der Waals surface area contributed by atoms with E-state index >= 15 is 0 Å². The lowest BCUT2D eigenvalue weighted by molar-refractivity contribution is -0.385. The second-order valence-corrected chi connectivity index (χ2v) is 8.12. The summed E-state index contributed by atoms with van der Waals surface area (Å²) in [6, 6.07) is 4.95. The summed E-state index contributed by atoms with van der Waals surface area (Å²) >= 11 is 1.43. The van der Waals surface area contributed by atoms with E-state index in [0.717, 1.165) is 5.56 Å². The third-order valence-electron chi connectivity index (χ3n) is 4.48. The second kappa shape index (κ2) is 11.0. The molecule has 1 aliphatic rings. The van der Waals surface area contributed by atoms with Gasteiger partial charge in [-0.2, -0.15) is 0 Å². The number of carbonyl (C=O) groups excluding carboxylic acids is 2. The molecule has 1 N–H and O–H groups in total. The molecule has 0 unspecified atom stereocenters. The van der Waals surface area contributed by atoms with Gasteiger partial charge in [-0.25, -0.2) is 0 Å². The molecule has 0 spiro atoms. The van der Waals surface area contributed by atoms with Crippen LogP contribution in [0.15, 0.2) is 18.2 Å². The average Bonchev–Trinajstić information content (AvgIpc) is 2.67. The molecule has 2 amide bonds. The van der Waals surface area contributed by atoms with Crippen molar-refractivity contribution in [3.8, 4) is 5.75 Å². The molecule has 1 aliphatic heterocycles.